The third kappa shape index (κ3) is 6.86. The van der Waals surface area contributed by atoms with Crippen LogP contribution in [0.3, 0.4) is 0 Å². The Morgan fingerprint density at radius 3 is 1.71 bits per heavy atom. The second-order valence-corrected chi connectivity index (χ2v) is 11.4. The summed E-state index contributed by atoms with van der Waals surface area (Å²) in [5, 5.41) is -1.36. The molecule has 0 aliphatic carbocycles. The van der Waals surface area contributed by atoms with Crippen LogP contribution in [0.15, 0.2) is 24.3 Å². The Bertz CT molecular complexity index is 759. The Morgan fingerprint density at radius 1 is 0.935 bits per heavy atom. The van der Waals surface area contributed by atoms with Gasteiger partial charge in [0.1, 0.15) is 6.04 Å². The van der Waals surface area contributed by atoms with E-state index in [2.05, 4.69) is 0 Å². The summed E-state index contributed by atoms with van der Waals surface area (Å²) in [6, 6.07) is 5.08. The van der Waals surface area contributed by atoms with Crippen LogP contribution in [0, 0.1) is 0 Å². The van der Waals surface area contributed by atoms with E-state index < -0.39 is 38.5 Å². The van der Waals surface area contributed by atoms with Gasteiger partial charge in [0.25, 0.3) is 0 Å². The van der Waals surface area contributed by atoms with Crippen LogP contribution < -0.4 is 5.73 Å². The van der Waals surface area contributed by atoms with E-state index in [1.165, 1.54) is 0 Å². The van der Waals surface area contributed by atoms with Crippen LogP contribution in [0.1, 0.15) is 39.2 Å². The van der Waals surface area contributed by atoms with E-state index in [1.54, 1.807) is 52.0 Å². The zero-order chi connectivity index (χ0) is 23.7. The smallest absolute Gasteiger partial charge is 0.346 e. The third-order valence-electron chi connectivity index (χ3n) is 4.33. The minimum atomic E-state index is -4.22. The molecule has 0 aliphatic rings. The van der Waals surface area contributed by atoms with Crippen molar-refractivity contribution in [3.63, 3.8) is 0 Å². The molecule has 31 heavy (non-hydrogen) atoms. The molecule has 0 saturated carbocycles. The van der Waals surface area contributed by atoms with Crippen molar-refractivity contribution in [1.29, 1.82) is 0 Å². The first-order chi connectivity index (χ1) is 14.7. The largest absolute Gasteiger partial charge is 0.468 e. The normalized spacial score (nSPS) is 14.5. The lowest BCUT2D eigenvalue weighted by atomic mass is 9.93. The molecule has 0 unspecified atom stereocenters. The summed E-state index contributed by atoms with van der Waals surface area (Å²) in [5.74, 6) is -2.05. The molecule has 0 fully saturated rings. The molecule has 0 radical (unpaired) electrons. The van der Waals surface area contributed by atoms with Crippen LogP contribution in [-0.4, -0.2) is 50.9 Å². The molecule has 9 nitrogen and oxygen atoms in total. The topological polar surface area (TPSA) is 123 Å². The maximum Gasteiger partial charge on any atom is 0.346 e. The fourth-order valence-electron chi connectivity index (χ4n) is 3.23. The number of halogens is 1. The maximum absolute atomic E-state index is 14.0. The van der Waals surface area contributed by atoms with Gasteiger partial charge in [0.15, 0.2) is 5.40 Å². The van der Waals surface area contributed by atoms with Crippen LogP contribution >= 0.6 is 26.8 Å². The average molecular weight is 500 g/mol. The number of methoxy groups -OCH3 is 1. The third-order valence-corrected chi connectivity index (χ3v) is 10.8. The molecule has 0 spiro atoms. The van der Waals surface area contributed by atoms with E-state index in [0.717, 1.165) is 7.11 Å². The fraction of sp³-hybridized carbons (Fsp3) is 0.632. The Morgan fingerprint density at radius 2 is 1.35 bits per heavy atom. The molecule has 1 aromatic rings. The van der Waals surface area contributed by atoms with Crippen molar-refractivity contribution in [1.82, 2.24) is 0 Å². The highest BCUT2D eigenvalue weighted by atomic mass is 35.5. The summed E-state index contributed by atoms with van der Waals surface area (Å²) in [7, 11) is -7.27. The summed E-state index contributed by atoms with van der Waals surface area (Å²) in [4.78, 5) is 12.5. The van der Waals surface area contributed by atoms with Crippen molar-refractivity contribution in [2.75, 3.05) is 33.5 Å². The van der Waals surface area contributed by atoms with E-state index in [0.29, 0.717) is 5.56 Å². The van der Waals surface area contributed by atoms with Gasteiger partial charge in [-0.15, -0.1) is 0 Å². The molecule has 0 aliphatic heterocycles. The summed E-state index contributed by atoms with van der Waals surface area (Å²) in [5.41, 5.74) is 6.57. The molecule has 0 heterocycles. The summed E-state index contributed by atoms with van der Waals surface area (Å²) in [6.45, 7) is 6.37. The highest BCUT2D eigenvalue weighted by Crippen LogP contribution is 2.74. The molecule has 0 bridgehead atoms. The molecule has 0 amide bonds. The fourth-order valence-corrected chi connectivity index (χ4v) is 9.36. The zero-order valence-corrected chi connectivity index (χ0v) is 21.0. The van der Waals surface area contributed by atoms with Gasteiger partial charge >= 0.3 is 21.2 Å². The van der Waals surface area contributed by atoms with Gasteiger partial charge < -0.3 is 28.6 Å². The molecule has 2 atom stereocenters. The lowest BCUT2D eigenvalue weighted by molar-refractivity contribution is -0.142. The van der Waals surface area contributed by atoms with Gasteiger partial charge in [-0.25, -0.2) is 0 Å². The van der Waals surface area contributed by atoms with E-state index in [-0.39, 0.29) is 31.5 Å². The quantitative estimate of drug-likeness (QED) is 0.284. The summed E-state index contributed by atoms with van der Waals surface area (Å²) >= 11 is 6.41. The van der Waals surface area contributed by atoms with Crippen molar-refractivity contribution in [3.05, 3.63) is 34.9 Å². The van der Waals surface area contributed by atoms with E-state index in [1.807, 2.05) is 0 Å². The van der Waals surface area contributed by atoms with Gasteiger partial charge in [0, 0.05) is 10.9 Å². The second-order valence-electron chi connectivity index (χ2n) is 6.26. The first-order valence-electron chi connectivity index (χ1n) is 10.0. The second kappa shape index (κ2) is 13.1. The highest BCUT2D eigenvalue weighted by molar-refractivity contribution is 7.72. The lowest BCUT2D eigenvalue weighted by Gasteiger charge is -2.38. The van der Waals surface area contributed by atoms with Gasteiger partial charge in [-0.05, 0) is 39.3 Å². The number of benzene rings is 1. The van der Waals surface area contributed by atoms with E-state index in [9.17, 15) is 13.9 Å². The number of carbonyl (C=O) groups is 1. The van der Waals surface area contributed by atoms with Crippen LogP contribution in [0.4, 0.5) is 0 Å². The Balaban J connectivity index is 3.95. The SMILES string of the molecule is CCOP(=O)(OCC)C([C@H](c1ccccc1Cl)[C@H](N)C(=O)OC)P(=O)(OCC)OCC. The molecule has 2 N–H and O–H groups in total. The van der Waals surface area contributed by atoms with Crippen LogP contribution in [0.5, 0.6) is 0 Å². The average Bonchev–Trinajstić information content (AvgIpc) is 2.72. The van der Waals surface area contributed by atoms with Gasteiger partial charge in [0.2, 0.25) is 0 Å². The van der Waals surface area contributed by atoms with Crippen molar-refractivity contribution in [3.8, 4) is 0 Å². The Labute approximate surface area is 188 Å². The summed E-state index contributed by atoms with van der Waals surface area (Å²) in [6.07, 6.45) is 0. The molecule has 12 heteroatoms. The van der Waals surface area contributed by atoms with Crippen molar-refractivity contribution < 1.29 is 36.8 Å². The molecule has 178 valence electrons. The minimum absolute atomic E-state index is 0.0191. The first-order valence-corrected chi connectivity index (χ1v) is 13.6. The molecule has 1 aromatic carbocycles. The highest BCUT2D eigenvalue weighted by Gasteiger charge is 2.58. The van der Waals surface area contributed by atoms with Crippen LogP contribution in [-0.2, 0) is 36.8 Å². The molecule has 1 rings (SSSR count). The van der Waals surface area contributed by atoms with Gasteiger partial charge in [-0.1, -0.05) is 29.8 Å². The number of hydrogen-bond donors (Lipinski definition) is 1. The van der Waals surface area contributed by atoms with Crippen molar-refractivity contribution in [2.24, 2.45) is 5.73 Å². The number of nitrogens with two attached hydrogens (primary N) is 1. The van der Waals surface area contributed by atoms with Gasteiger partial charge in [0.05, 0.1) is 33.5 Å². The maximum atomic E-state index is 14.0. The first kappa shape index (κ1) is 28.3. The number of ether oxygens (including phenoxy) is 1. The van der Waals surface area contributed by atoms with E-state index in [4.69, 9.17) is 40.2 Å². The van der Waals surface area contributed by atoms with Crippen molar-refractivity contribution >= 4 is 32.8 Å². The van der Waals surface area contributed by atoms with Crippen LogP contribution in [0.2, 0.25) is 5.02 Å². The molecular formula is C19H32ClNO8P2. The van der Waals surface area contributed by atoms with Crippen LogP contribution in [0.25, 0.3) is 0 Å². The Hall–Kier alpha value is -0.760. The molecular weight excluding hydrogens is 468 g/mol. The summed E-state index contributed by atoms with van der Waals surface area (Å²) < 4.78 is 55.0. The lowest BCUT2D eigenvalue weighted by Crippen LogP contribution is -2.43. The van der Waals surface area contributed by atoms with E-state index >= 15 is 0 Å². The zero-order valence-electron chi connectivity index (χ0n) is 18.5. The number of rotatable bonds is 14. The molecule has 0 saturated heterocycles. The van der Waals surface area contributed by atoms with Gasteiger partial charge in [-0.3, -0.25) is 13.9 Å². The number of carbonyl (C=O) groups excluding carboxylic acids is 1. The Kier molecular flexibility index (Phi) is 11.9. The van der Waals surface area contributed by atoms with Gasteiger partial charge in [-0.2, -0.15) is 0 Å². The standard InChI is InChI=1S/C19H32ClNO8P2/c1-6-26-30(23,27-7-2)19(31(24,28-8-3)29-9-4)16(17(21)18(22)25-5)14-12-10-11-13-15(14)20/h10-13,16-17,19H,6-9,21H2,1-5H3/t16-,17+/m1/s1. The van der Waals surface area contributed by atoms with Crippen molar-refractivity contribution in [2.45, 2.75) is 45.1 Å². The number of hydrogen-bond acceptors (Lipinski definition) is 9. The predicted octanol–water partition coefficient (Wildman–Crippen LogP) is 4.78. The molecule has 0 aromatic heterocycles. The number of esters is 1. The predicted molar refractivity (Wildman–Crippen MR) is 120 cm³/mol. The minimum Gasteiger partial charge on any atom is -0.468 e. The monoisotopic (exact) mass is 499 g/mol.